The highest BCUT2D eigenvalue weighted by molar-refractivity contribution is 5.36. The average molecular weight is 368 g/mol. The summed E-state index contributed by atoms with van der Waals surface area (Å²) in [4.78, 5) is 0. The van der Waals surface area contributed by atoms with E-state index in [2.05, 4.69) is 0 Å². The van der Waals surface area contributed by atoms with Crippen molar-refractivity contribution in [3.63, 3.8) is 0 Å². The van der Waals surface area contributed by atoms with Gasteiger partial charge in [0, 0.05) is 6.07 Å². The van der Waals surface area contributed by atoms with Crippen molar-refractivity contribution in [2.24, 2.45) is 0 Å². The fourth-order valence-electron chi connectivity index (χ4n) is 1.81. The van der Waals surface area contributed by atoms with Gasteiger partial charge in [0.1, 0.15) is 0 Å². The van der Waals surface area contributed by atoms with E-state index in [-0.39, 0.29) is 0 Å². The highest BCUT2D eigenvalue weighted by Crippen LogP contribution is 2.61. The third kappa shape index (κ3) is 2.59. The van der Waals surface area contributed by atoms with E-state index >= 15 is 0 Å². The van der Waals surface area contributed by atoms with Crippen molar-refractivity contribution in [1.82, 2.24) is 0 Å². The molecule has 0 aromatic heterocycles. The average Bonchev–Trinajstić information content (AvgIpc) is 2.26. The molecule has 1 aromatic rings. The van der Waals surface area contributed by atoms with Crippen LogP contribution in [-0.2, 0) is 5.41 Å². The molecule has 0 aliphatic rings. The van der Waals surface area contributed by atoms with Crippen LogP contribution in [0.3, 0.4) is 0 Å². The van der Waals surface area contributed by atoms with E-state index in [0.717, 1.165) is 0 Å². The van der Waals surface area contributed by atoms with E-state index in [1.165, 1.54) is 0 Å². The summed E-state index contributed by atoms with van der Waals surface area (Å²) in [6.07, 6.45) is -22.2. The van der Waals surface area contributed by atoms with Gasteiger partial charge in [0.25, 0.3) is 5.41 Å². The second-order valence-electron chi connectivity index (χ2n) is 4.09. The first kappa shape index (κ1) is 19.4. The molecule has 0 saturated carbocycles. The standard InChI is InChI=1S/C10HF13/c11-2-1-3(12)6(14)4(5(2)13)7(8(15,16)17,9(18,19)20)10(21,22)23/h1H. The Balaban J connectivity index is 4.20. The molecule has 0 atom stereocenters. The largest absolute Gasteiger partial charge is 0.416 e. The predicted molar refractivity (Wildman–Crippen MR) is 46.1 cm³/mol. The Morgan fingerprint density at radius 2 is 0.783 bits per heavy atom. The molecule has 23 heavy (non-hydrogen) atoms. The van der Waals surface area contributed by atoms with Gasteiger partial charge < -0.3 is 0 Å². The van der Waals surface area contributed by atoms with Crippen LogP contribution < -0.4 is 0 Å². The lowest BCUT2D eigenvalue weighted by Crippen LogP contribution is -2.64. The Bertz CT molecular complexity index is 541. The molecule has 0 aliphatic carbocycles. The summed E-state index contributed by atoms with van der Waals surface area (Å²) in [5.74, 6) is -12.6. The number of rotatable bonds is 1. The molecule has 0 amide bonds. The van der Waals surface area contributed by atoms with Gasteiger partial charge in [0.15, 0.2) is 23.3 Å². The Hall–Kier alpha value is -1.69. The molecule has 0 nitrogen and oxygen atoms in total. The maximum absolute atomic E-state index is 13.2. The molecule has 13 heteroatoms. The molecular formula is C10HF13. The van der Waals surface area contributed by atoms with Gasteiger partial charge >= 0.3 is 18.5 Å². The van der Waals surface area contributed by atoms with E-state index in [1.807, 2.05) is 0 Å². The predicted octanol–water partition coefficient (Wildman–Crippen LogP) is 5.17. The summed E-state index contributed by atoms with van der Waals surface area (Å²) < 4.78 is 166. The molecule has 132 valence electrons. The van der Waals surface area contributed by atoms with Crippen LogP contribution in [0.15, 0.2) is 6.07 Å². The number of benzene rings is 1. The Kier molecular flexibility index (Phi) is 4.34. The minimum absolute atomic E-state index is 0.831. The Morgan fingerprint density at radius 3 is 1.00 bits per heavy atom. The highest BCUT2D eigenvalue weighted by atomic mass is 19.4. The lowest BCUT2D eigenvalue weighted by molar-refractivity contribution is -0.388. The van der Waals surface area contributed by atoms with E-state index in [0.29, 0.717) is 0 Å². The third-order valence-corrected chi connectivity index (χ3v) is 2.76. The van der Waals surface area contributed by atoms with Crippen molar-refractivity contribution < 1.29 is 57.1 Å². The minimum atomic E-state index is -7.41. The van der Waals surface area contributed by atoms with E-state index in [4.69, 9.17) is 0 Å². The number of hydrogen-bond acceptors (Lipinski definition) is 0. The summed E-state index contributed by atoms with van der Waals surface area (Å²) in [6, 6.07) is -0.831. The molecule has 1 rings (SSSR count). The second-order valence-corrected chi connectivity index (χ2v) is 4.09. The third-order valence-electron chi connectivity index (χ3n) is 2.76. The zero-order chi connectivity index (χ0) is 18.6. The molecule has 0 spiro atoms. The molecule has 1 aromatic carbocycles. The van der Waals surface area contributed by atoms with Gasteiger partial charge in [-0.1, -0.05) is 0 Å². The smallest absolute Gasteiger partial charge is 0.204 e. The summed E-state index contributed by atoms with van der Waals surface area (Å²) in [5, 5.41) is 0. The van der Waals surface area contributed by atoms with Crippen LogP contribution in [0.5, 0.6) is 0 Å². The van der Waals surface area contributed by atoms with Crippen molar-refractivity contribution in [2.45, 2.75) is 23.9 Å². The fraction of sp³-hybridized carbons (Fsp3) is 0.400. The van der Waals surface area contributed by atoms with Gasteiger partial charge in [0.05, 0.1) is 5.56 Å². The first-order valence-electron chi connectivity index (χ1n) is 5.03. The summed E-state index contributed by atoms with van der Waals surface area (Å²) in [5.41, 5.74) is -11.0. The van der Waals surface area contributed by atoms with Crippen LogP contribution in [0.4, 0.5) is 57.1 Å². The van der Waals surface area contributed by atoms with Crippen molar-refractivity contribution in [1.29, 1.82) is 0 Å². The SMILES string of the molecule is Fc1cc(F)c(F)c(C(C(F)(F)F)(C(F)(F)F)C(F)(F)F)c1F. The van der Waals surface area contributed by atoms with E-state index in [9.17, 15) is 57.1 Å². The van der Waals surface area contributed by atoms with Crippen molar-refractivity contribution in [2.75, 3.05) is 0 Å². The summed E-state index contributed by atoms with van der Waals surface area (Å²) in [6.45, 7) is 0. The van der Waals surface area contributed by atoms with Crippen LogP contribution >= 0.6 is 0 Å². The van der Waals surface area contributed by atoms with E-state index in [1.54, 1.807) is 0 Å². The molecule has 0 unspecified atom stereocenters. The van der Waals surface area contributed by atoms with Gasteiger partial charge in [-0.3, -0.25) is 0 Å². The van der Waals surface area contributed by atoms with Crippen molar-refractivity contribution in [3.8, 4) is 0 Å². The molecule has 0 saturated heterocycles. The van der Waals surface area contributed by atoms with Crippen LogP contribution in [-0.4, -0.2) is 18.5 Å². The zero-order valence-corrected chi connectivity index (χ0v) is 9.99. The molecular weight excluding hydrogens is 367 g/mol. The van der Waals surface area contributed by atoms with Crippen LogP contribution in [0.2, 0.25) is 0 Å². The van der Waals surface area contributed by atoms with E-state index < -0.39 is 58.8 Å². The summed E-state index contributed by atoms with van der Waals surface area (Å²) >= 11 is 0. The van der Waals surface area contributed by atoms with Gasteiger partial charge in [0.2, 0.25) is 0 Å². The second kappa shape index (κ2) is 5.16. The highest BCUT2D eigenvalue weighted by Gasteiger charge is 2.86. The Morgan fingerprint density at radius 1 is 0.522 bits per heavy atom. The molecule has 0 fully saturated rings. The Labute approximate surface area is 117 Å². The van der Waals surface area contributed by atoms with Crippen molar-refractivity contribution >= 4 is 0 Å². The maximum atomic E-state index is 13.2. The van der Waals surface area contributed by atoms with Gasteiger partial charge in [-0.05, 0) is 0 Å². The summed E-state index contributed by atoms with van der Waals surface area (Å²) in [7, 11) is 0. The normalized spacial score (nSPS) is 14.3. The number of hydrogen-bond donors (Lipinski definition) is 0. The molecule has 0 bridgehead atoms. The van der Waals surface area contributed by atoms with Gasteiger partial charge in [-0.15, -0.1) is 0 Å². The molecule has 0 aliphatic heterocycles. The lowest BCUT2D eigenvalue weighted by atomic mass is 9.77. The van der Waals surface area contributed by atoms with Gasteiger partial charge in [-0.2, -0.15) is 39.5 Å². The van der Waals surface area contributed by atoms with Crippen LogP contribution in [0.25, 0.3) is 0 Å². The first-order valence-corrected chi connectivity index (χ1v) is 5.03. The minimum Gasteiger partial charge on any atom is -0.204 e. The molecule has 0 heterocycles. The fourth-order valence-corrected chi connectivity index (χ4v) is 1.81. The molecule has 0 N–H and O–H groups in total. The topological polar surface area (TPSA) is 0 Å². The lowest BCUT2D eigenvalue weighted by Gasteiger charge is -2.39. The monoisotopic (exact) mass is 368 g/mol. The number of alkyl halides is 9. The maximum Gasteiger partial charge on any atom is 0.416 e. The first-order chi connectivity index (χ1) is 10.00. The zero-order valence-electron chi connectivity index (χ0n) is 9.99. The quantitative estimate of drug-likeness (QED) is 0.474. The van der Waals surface area contributed by atoms with Crippen molar-refractivity contribution in [3.05, 3.63) is 34.9 Å². The molecule has 0 radical (unpaired) electrons. The van der Waals surface area contributed by atoms with Crippen LogP contribution in [0, 0.1) is 23.3 Å². The van der Waals surface area contributed by atoms with Gasteiger partial charge in [-0.25, -0.2) is 17.6 Å². The van der Waals surface area contributed by atoms with Crippen LogP contribution in [0.1, 0.15) is 5.56 Å². The number of halogens is 13.